The maximum absolute atomic E-state index is 5.96. The molecule has 0 aromatic carbocycles. The Hall–Kier alpha value is -2.41. The highest BCUT2D eigenvalue weighted by Crippen LogP contribution is 2.30. The van der Waals surface area contributed by atoms with Gasteiger partial charge >= 0.3 is 0 Å². The van der Waals surface area contributed by atoms with Gasteiger partial charge in [0.1, 0.15) is 6.10 Å². The van der Waals surface area contributed by atoms with Gasteiger partial charge in [-0.1, -0.05) is 0 Å². The normalized spacial score (nSPS) is 18.7. The Morgan fingerprint density at radius 1 is 1.30 bits per heavy atom. The van der Waals surface area contributed by atoms with Crippen molar-refractivity contribution in [3.8, 4) is 0 Å². The molecular formula is C16H20N6O. The number of pyridine rings is 1. The molecule has 0 N–H and O–H groups in total. The van der Waals surface area contributed by atoms with Gasteiger partial charge in [0.15, 0.2) is 5.65 Å². The van der Waals surface area contributed by atoms with Crippen molar-refractivity contribution in [1.82, 2.24) is 24.5 Å². The molecule has 0 bridgehead atoms. The molecule has 1 aliphatic rings. The van der Waals surface area contributed by atoms with Gasteiger partial charge in [-0.3, -0.25) is 9.36 Å². The van der Waals surface area contributed by atoms with E-state index in [4.69, 9.17) is 4.74 Å². The van der Waals surface area contributed by atoms with Gasteiger partial charge in [-0.15, -0.1) is 0 Å². The molecule has 23 heavy (non-hydrogen) atoms. The van der Waals surface area contributed by atoms with E-state index in [1.54, 1.807) is 0 Å². The largest absolute Gasteiger partial charge is 0.370 e. The van der Waals surface area contributed by atoms with Crippen molar-refractivity contribution in [2.45, 2.75) is 19.6 Å². The zero-order valence-electron chi connectivity index (χ0n) is 13.4. The minimum atomic E-state index is 0.0453. The number of aromatic nitrogens is 5. The number of hydrogen-bond acceptors (Lipinski definition) is 5. The summed E-state index contributed by atoms with van der Waals surface area (Å²) in [5.74, 6) is 0. The zero-order valence-corrected chi connectivity index (χ0v) is 13.4. The predicted octanol–water partition coefficient (Wildman–Crippen LogP) is 1.76. The third-order valence-corrected chi connectivity index (χ3v) is 4.37. The van der Waals surface area contributed by atoms with Crippen molar-refractivity contribution in [3.05, 3.63) is 36.4 Å². The number of fused-ring (bicyclic) bond motifs is 1. The lowest BCUT2D eigenvalue weighted by molar-refractivity contribution is 0.0398. The molecule has 1 fully saturated rings. The van der Waals surface area contributed by atoms with Crippen molar-refractivity contribution in [3.63, 3.8) is 0 Å². The molecule has 1 atom stereocenters. The summed E-state index contributed by atoms with van der Waals surface area (Å²) in [5.41, 5.74) is 3.21. The Kier molecular flexibility index (Phi) is 3.49. The molecule has 0 amide bonds. The molecule has 4 heterocycles. The maximum atomic E-state index is 5.96. The summed E-state index contributed by atoms with van der Waals surface area (Å²) in [6, 6.07) is 2.06. The van der Waals surface area contributed by atoms with E-state index in [0.717, 1.165) is 36.2 Å². The summed E-state index contributed by atoms with van der Waals surface area (Å²) in [6.07, 6.45) is 7.75. The van der Waals surface area contributed by atoms with E-state index < -0.39 is 0 Å². The molecule has 0 unspecified atom stereocenters. The Balaban J connectivity index is 1.63. The van der Waals surface area contributed by atoms with Crippen LogP contribution in [0.25, 0.3) is 11.0 Å². The molecule has 0 saturated carbocycles. The van der Waals surface area contributed by atoms with Gasteiger partial charge in [-0.2, -0.15) is 10.2 Å². The molecule has 120 valence electrons. The number of nitrogens with zero attached hydrogens (tertiary/aromatic N) is 6. The summed E-state index contributed by atoms with van der Waals surface area (Å²) in [5, 5.41) is 9.76. The minimum absolute atomic E-state index is 0.0453. The Labute approximate surface area is 134 Å². The van der Waals surface area contributed by atoms with Crippen molar-refractivity contribution < 1.29 is 4.74 Å². The first-order valence-electron chi connectivity index (χ1n) is 7.92. The van der Waals surface area contributed by atoms with E-state index in [9.17, 15) is 0 Å². The second-order valence-corrected chi connectivity index (χ2v) is 5.77. The van der Waals surface area contributed by atoms with Crippen LogP contribution in [0.2, 0.25) is 0 Å². The standard InChI is InChI=1S/C16H20N6O/c1-3-22-10-12(8-19-22)15-11-21(6-7-23-15)14-4-5-17-16-13(14)9-18-20(16)2/h4-5,8-10,15H,3,6-7,11H2,1-2H3/t15-/m0/s1. The van der Waals surface area contributed by atoms with E-state index in [-0.39, 0.29) is 6.10 Å². The monoisotopic (exact) mass is 312 g/mol. The topological polar surface area (TPSA) is 61.0 Å². The van der Waals surface area contributed by atoms with E-state index in [1.165, 1.54) is 5.69 Å². The highest BCUT2D eigenvalue weighted by molar-refractivity contribution is 5.89. The van der Waals surface area contributed by atoms with Crippen LogP contribution in [0.4, 0.5) is 5.69 Å². The lowest BCUT2D eigenvalue weighted by Gasteiger charge is -2.34. The van der Waals surface area contributed by atoms with Crippen LogP contribution in [0.3, 0.4) is 0 Å². The molecule has 3 aromatic heterocycles. The quantitative estimate of drug-likeness (QED) is 0.737. The number of morpholine rings is 1. The summed E-state index contributed by atoms with van der Waals surface area (Å²) < 4.78 is 9.70. The minimum Gasteiger partial charge on any atom is -0.370 e. The van der Waals surface area contributed by atoms with Gasteiger partial charge in [0.25, 0.3) is 0 Å². The van der Waals surface area contributed by atoms with Crippen molar-refractivity contribution >= 4 is 16.7 Å². The van der Waals surface area contributed by atoms with Gasteiger partial charge in [-0.05, 0) is 13.0 Å². The lowest BCUT2D eigenvalue weighted by atomic mass is 10.1. The molecular weight excluding hydrogens is 292 g/mol. The van der Waals surface area contributed by atoms with Gasteiger partial charge in [-0.25, -0.2) is 4.98 Å². The first kappa shape index (κ1) is 14.2. The number of aryl methyl sites for hydroxylation is 2. The van der Waals surface area contributed by atoms with Crippen LogP contribution in [-0.4, -0.2) is 44.2 Å². The number of rotatable bonds is 3. The molecule has 4 rings (SSSR count). The third-order valence-electron chi connectivity index (χ3n) is 4.37. The highest BCUT2D eigenvalue weighted by atomic mass is 16.5. The molecule has 7 heteroatoms. The average molecular weight is 312 g/mol. The van der Waals surface area contributed by atoms with Crippen LogP contribution in [-0.2, 0) is 18.3 Å². The van der Waals surface area contributed by atoms with E-state index in [0.29, 0.717) is 6.61 Å². The van der Waals surface area contributed by atoms with Gasteiger partial charge in [0, 0.05) is 44.6 Å². The maximum Gasteiger partial charge on any atom is 0.159 e. The fourth-order valence-corrected chi connectivity index (χ4v) is 3.10. The third kappa shape index (κ3) is 2.46. The molecule has 0 spiro atoms. The summed E-state index contributed by atoms with van der Waals surface area (Å²) in [4.78, 5) is 6.77. The van der Waals surface area contributed by atoms with Crippen LogP contribution < -0.4 is 4.90 Å². The van der Waals surface area contributed by atoms with E-state index in [2.05, 4.69) is 39.3 Å². The van der Waals surface area contributed by atoms with E-state index in [1.807, 2.05) is 35.0 Å². The van der Waals surface area contributed by atoms with Crippen molar-refractivity contribution in [1.29, 1.82) is 0 Å². The van der Waals surface area contributed by atoms with Crippen molar-refractivity contribution in [2.24, 2.45) is 7.05 Å². The summed E-state index contributed by atoms with van der Waals surface area (Å²) in [7, 11) is 1.92. The first-order valence-corrected chi connectivity index (χ1v) is 7.92. The molecule has 7 nitrogen and oxygen atoms in total. The number of anilines is 1. The average Bonchev–Trinajstić information content (AvgIpc) is 3.22. The van der Waals surface area contributed by atoms with Crippen LogP contribution in [0.5, 0.6) is 0 Å². The van der Waals surface area contributed by atoms with Gasteiger partial charge in [0.05, 0.1) is 30.1 Å². The molecule has 0 aliphatic carbocycles. The fraction of sp³-hybridized carbons (Fsp3) is 0.438. The number of hydrogen-bond donors (Lipinski definition) is 0. The number of ether oxygens (including phenoxy) is 1. The van der Waals surface area contributed by atoms with Crippen LogP contribution in [0, 0.1) is 0 Å². The lowest BCUT2D eigenvalue weighted by Crippen LogP contribution is -2.38. The highest BCUT2D eigenvalue weighted by Gasteiger charge is 2.25. The van der Waals surface area contributed by atoms with E-state index >= 15 is 0 Å². The first-order chi connectivity index (χ1) is 11.3. The predicted molar refractivity (Wildman–Crippen MR) is 87.3 cm³/mol. The SMILES string of the molecule is CCn1cc([C@@H]2CN(c3ccnc4c3cnn4C)CCO2)cn1. The Bertz CT molecular complexity index is 823. The van der Waals surface area contributed by atoms with Crippen LogP contribution >= 0.6 is 0 Å². The van der Waals surface area contributed by atoms with Crippen LogP contribution in [0.1, 0.15) is 18.6 Å². The second-order valence-electron chi connectivity index (χ2n) is 5.77. The summed E-state index contributed by atoms with van der Waals surface area (Å²) >= 11 is 0. The Morgan fingerprint density at radius 2 is 2.22 bits per heavy atom. The molecule has 3 aromatic rings. The fourth-order valence-electron chi connectivity index (χ4n) is 3.10. The molecule has 1 aliphatic heterocycles. The van der Waals surface area contributed by atoms with Crippen LogP contribution in [0.15, 0.2) is 30.9 Å². The second kappa shape index (κ2) is 5.66. The molecule has 1 saturated heterocycles. The smallest absolute Gasteiger partial charge is 0.159 e. The summed E-state index contributed by atoms with van der Waals surface area (Å²) in [6.45, 7) is 5.33. The van der Waals surface area contributed by atoms with Gasteiger partial charge in [0.2, 0.25) is 0 Å². The molecule has 0 radical (unpaired) electrons. The zero-order chi connectivity index (χ0) is 15.8. The van der Waals surface area contributed by atoms with Gasteiger partial charge < -0.3 is 9.64 Å². The van der Waals surface area contributed by atoms with Crippen molar-refractivity contribution in [2.75, 3.05) is 24.6 Å². The Morgan fingerprint density at radius 3 is 3.04 bits per heavy atom.